The molecule has 0 fully saturated rings. The number of nitrogen functional groups attached to an aromatic ring is 2. The fourth-order valence-electron chi connectivity index (χ4n) is 1.38. The van der Waals surface area contributed by atoms with Crippen LogP contribution < -0.4 is 11.5 Å². The van der Waals surface area contributed by atoms with Crippen LogP contribution in [0.2, 0.25) is 0 Å². The largest absolute Gasteiger partial charge is 0.478 e. The molecule has 0 bridgehead atoms. The molecule has 8 heteroatoms. The molecule has 0 spiro atoms. The van der Waals surface area contributed by atoms with E-state index in [4.69, 9.17) is 31.9 Å². The predicted molar refractivity (Wildman–Crippen MR) is 94.4 cm³/mol. The number of nitrogens with two attached hydrogens (primary N) is 2. The number of carboxylic acid groups (broad SMARTS) is 2. The zero-order chi connectivity index (χ0) is 19.4. The molecule has 0 saturated heterocycles. The van der Waals surface area contributed by atoms with Crippen molar-refractivity contribution >= 4 is 23.3 Å². The van der Waals surface area contributed by atoms with Gasteiger partial charge in [0.1, 0.15) is 0 Å². The standard InChI is InChI=1S/2C7H7NO2.C3H8O2/c2*8-6-4-2-1-3-5(6)7(9)10;1-3(5)2-4/h2*1-4H,8H2,(H,9,10);3-5H,2H2,1H3. The molecular weight excluding hydrogens is 328 g/mol. The van der Waals surface area contributed by atoms with E-state index in [1.165, 1.54) is 19.1 Å². The van der Waals surface area contributed by atoms with E-state index < -0.39 is 18.0 Å². The number of aliphatic hydroxyl groups is 2. The number of benzene rings is 2. The average molecular weight is 350 g/mol. The lowest BCUT2D eigenvalue weighted by molar-refractivity contribution is 0.0687. The molecule has 0 aliphatic heterocycles. The first-order valence-corrected chi connectivity index (χ1v) is 7.15. The fourth-order valence-corrected chi connectivity index (χ4v) is 1.38. The second-order valence-electron chi connectivity index (χ2n) is 4.82. The quantitative estimate of drug-likeness (QED) is 0.450. The fraction of sp³-hybridized carbons (Fsp3) is 0.176. The Hall–Kier alpha value is -3.10. The zero-order valence-corrected chi connectivity index (χ0v) is 13.7. The van der Waals surface area contributed by atoms with Crippen LogP contribution in [0.15, 0.2) is 48.5 Å². The zero-order valence-electron chi connectivity index (χ0n) is 13.7. The molecule has 0 saturated carbocycles. The monoisotopic (exact) mass is 350 g/mol. The van der Waals surface area contributed by atoms with Crippen molar-refractivity contribution in [1.29, 1.82) is 0 Å². The van der Waals surface area contributed by atoms with Crippen LogP contribution in [0.25, 0.3) is 0 Å². The van der Waals surface area contributed by atoms with Gasteiger partial charge in [-0.3, -0.25) is 0 Å². The summed E-state index contributed by atoms with van der Waals surface area (Å²) in [6, 6.07) is 12.7. The molecule has 8 nitrogen and oxygen atoms in total. The first-order valence-electron chi connectivity index (χ1n) is 7.15. The molecule has 0 aliphatic carbocycles. The van der Waals surface area contributed by atoms with Crippen LogP contribution in [-0.2, 0) is 0 Å². The smallest absolute Gasteiger partial charge is 0.337 e. The second kappa shape index (κ2) is 11.4. The summed E-state index contributed by atoms with van der Waals surface area (Å²) >= 11 is 0. The Labute approximate surface area is 145 Å². The lowest BCUT2D eigenvalue weighted by Crippen LogP contribution is -2.03. The third-order valence-corrected chi connectivity index (χ3v) is 2.65. The van der Waals surface area contributed by atoms with Crippen LogP contribution in [0.5, 0.6) is 0 Å². The maximum atomic E-state index is 10.3. The summed E-state index contributed by atoms with van der Waals surface area (Å²) < 4.78 is 0. The van der Waals surface area contributed by atoms with Gasteiger partial charge in [0.25, 0.3) is 0 Å². The van der Waals surface area contributed by atoms with Gasteiger partial charge in [0.2, 0.25) is 0 Å². The van der Waals surface area contributed by atoms with E-state index in [-0.39, 0.29) is 17.7 Å². The van der Waals surface area contributed by atoms with Gasteiger partial charge in [0.15, 0.2) is 0 Å². The maximum Gasteiger partial charge on any atom is 0.337 e. The van der Waals surface area contributed by atoms with Crippen molar-refractivity contribution in [2.24, 2.45) is 0 Å². The van der Waals surface area contributed by atoms with E-state index in [1.807, 2.05) is 0 Å². The summed E-state index contributed by atoms with van der Waals surface area (Å²) in [6.07, 6.45) is -0.560. The number of hydrogen-bond donors (Lipinski definition) is 6. The van der Waals surface area contributed by atoms with Crippen molar-refractivity contribution in [3.63, 3.8) is 0 Å². The van der Waals surface area contributed by atoms with Gasteiger partial charge in [0, 0.05) is 11.4 Å². The van der Waals surface area contributed by atoms with Crippen molar-refractivity contribution in [3.05, 3.63) is 59.7 Å². The minimum atomic E-state index is -0.988. The number of rotatable bonds is 3. The summed E-state index contributed by atoms with van der Waals surface area (Å²) in [5.41, 5.74) is 11.6. The first kappa shape index (κ1) is 21.9. The molecule has 0 radical (unpaired) electrons. The normalized spacial score (nSPS) is 10.4. The predicted octanol–water partition coefficient (Wildman–Crippen LogP) is 1.29. The number of para-hydroxylation sites is 2. The van der Waals surface area contributed by atoms with Crippen LogP contribution in [0.1, 0.15) is 27.6 Å². The molecule has 1 unspecified atom stereocenters. The summed E-state index contributed by atoms with van der Waals surface area (Å²) in [7, 11) is 0. The highest BCUT2D eigenvalue weighted by atomic mass is 16.4. The van der Waals surface area contributed by atoms with Gasteiger partial charge >= 0.3 is 11.9 Å². The summed E-state index contributed by atoms with van der Waals surface area (Å²) in [5.74, 6) is -1.98. The lowest BCUT2D eigenvalue weighted by atomic mass is 10.2. The van der Waals surface area contributed by atoms with E-state index in [1.54, 1.807) is 36.4 Å². The minimum Gasteiger partial charge on any atom is -0.478 e. The molecule has 0 aromatic heterocycles. The molecule has 0 heterocycles. The van der Waals surface area contributed by atoms with Crippen molar-refractivity contribution in [2.45, 2.75) is 13.0 Å². The molecule has 2 aromatic rings. The lowest BCUT2D eigenvalue weighted by Gasteiger charge is -1.96. The molecule has 2 aromatic carbocycles. The van der Waals surface area contributed by atoms with Gasteiger partial charge in [-0.1, -0.05) is 24.3 Å². The van der Waals surface area contributed by atoms with E-state index in [9.17, 15) is 9.59 Å². The van der Waals surface area contributed by atoms with Crippen LogP contribution >= 0.6 is 0 Å². The topological polar surface area (TPSA) is 167 Å². The van der Waals surface area contributed by atoms with Crippen molar-refractivity contribution < 1.29 is 30.0 Å². The molecule has 25 heavy (non-hydrogen) atoms. The van der Waals surface area contributed by atoms with Gasteiger partial charge in [-0.2, -0.15) is 0 Å². The van der Waals surface area contributed by atoms with Gasteiger partial charge < -0.3 is 31.9 Å². The van der Waals surface area contributed by atoms with E-state index in [0.29, 0.717) is 11.4 Å². The van der Waals surface area contributed by atoms with Gasteiger partial charge in [0.05, 0.1) is 23.8 Å². The second-order valence-corrected chi connectivity index (χ2v) is 4.82. The molecule has 136 valence electrons. The molecule has 1 atom stereocenters. The Morgan fingerprint density at radius 2 is 1.16 bits per heavy atom. The Balaban J connectivity index is 0.000000368. The highest BCUT2D eigenvalue weighted by Crippen LogP contribution is 2.09. The van der Waals surface area contributed by atoms with E-state index in [2.05, 4.69) is 0 Å². The molecule has 2 rings (SSSR count). The highest BCUT2D eigenvalue weighted by molar-refractivity contribution is 5.93. The first-order chi connectivity index (χ1) is 11.7. The molecule has 8 N–H and O–H groups in total. The van der Waals surface area contributed by atoms with Crippen molar-refractivity contribution in [3.8, 4) is 0 Å². The summed E-state index contributed by atoms with van der Waals surface area (Å²) in [6.45, 7) is 1.39. The van der Waals surface area contributed by atoms with Crippen LogP contribution in [0.3, 0.4) is 0 Å². The summed E-state index contributed by atoms with van der Waals surface area (Å²) in [4.78, 5) is 20.7. The number of carboxylic acids is 2. The molecule has 0 amide bonds. The van der Waals surface area contributed by atoms with Crippen molar-refractivity contribution in [1.82, 2.24) is 0 Å². The Morgan fingerprint density at radius 3 is 1.32 bits per heavy atom. The SMILES string of the molecule is CC(O)CO.Nc1ccccc1C(=O)O.Nc1ccccc1C(=O)O. The third-order valence-electron chi connectivity index (χ3n) is 2.65. The average Bonchev–Trinajstić information content (AvgIpc) is 2.56. The third kappa shape index (κ3) is 8.94. The number of aliphatic hydroxyl groups excluding tert-OH is 2. The Morgan fingerprint density at radius 1 is 0.880 bits per heavy atom. The number of hydrogen-bond acceptors (Lipinski definition) is 6. The summed E-state index contributed by atoms with van der Waals surface area (Å²) in [5, 5.41) is 33.0. The molecular formula is C17H22N2O6. The Bertz CT molecular complexity index is 633. The van der Waals surface area contributed by atoms with Gasteiger partial charge in [-0.25, -0.2) is 9.59 Å². The van der Waals surface area contributed by atoms with E-state index in [0.717, 1.165) is 0 Å². The number of aromatic carboxylic acids is 2. The maximum absolute atomic E-state index is 10.3. The van der Waals surface area contributed by atoms with E-state index >= 15 is 0 Å². The van der Waals surface area contributed by atoms with Crippen LogP contribution in [0, 0.1) is 0 Å². The van der Waals surface area contributed by atoms with Gasteiger partial charge in [-0.05, 0) is 31.2 Å². The van der Waals surface area contributed by atoms with Crippen LogP contribution in [-0.4, -0.2) is 45.1 Å². The number of carbonyl (C=O) groups is 2. The number of anilines is 2. The molecule has 0 aliphatic rings. The van der Waals surface area contributed by atoms with Crippen molar-refractivity contribution in [2.75, 3.05) is 18.1 Å². The highest BCUT2D eigenvalue weighted by Gasteiger charge is 2.04. The van der Waals surface area contributed by atoms with Gasteiger partial charge in [-0.15, -0.1) is 0 Å². The van der Waals surface area contributed by atoms with Crippen LogP contribution in [0.4, 0.5) is 11.4 Å². The minimum absolute atomic E-state index is 0.139. The Kier molecular flexibility index (Phi) is 10.0.